The third-order valence-electron chi connectivity index (χ3n) is 3.71. The van der Waals surface area contributed by atoms with Crippen molar-refractivity contribution in [3.63, 3.8) is 0 Å². The Balaban J connectivity index is 2.59. The number of thioether (sulfide) groups is 1. The maximum absolute atomic E-state index is 12.5. The van der Waals surface area contributed by atoms with Crippen LogP contribution in [0.25, 0.3) is 0 Å². The van der Waals surface area contributed by atoms with E-state index in [1.165, 1.54) is 22.9 Å². The van der Waals surface area contributed by atoms with Crippen LogP contribution < -0.4 is 5.32 Å². The van der Waals surface area contributed by atoms with Gasteiger partial charge < -0.3 is 10.4 Å². The number of carboxylic acid groups (broad SMARTS) is 1. The fourth-order valence-electron chi connectivity index (χ4n) is 2.07. The standard InChI is InChI=1S/C19H25F3N2O2S/c1-4-14(6-5-13(2)3)9-10-27-12-16(18(25)26)24-17-8-7-15(11-23-17)19(20,21)22/h5,7-9,11,16H,4,6,10,12H2,1-3H3,(H,23,24)(H,25,26)/b14-9-. The van der Waals surface area contributed by atoms with Crippen LogP contribution in [0.1, 0.15) is 39.2 Å². The summed E-state index contributed by atoms with van der Waals surface area (Å²) < 4.78 is 37.6. The number of halogens is 3. The van der Waals surface area contributed by atoms with E-state index in [1.54, 1.807) is 0 Å². The fourth-order valence-corrected chi connectivity index (χ4v) is 3.02. The first kappa shape index (κ1) is 23.1. The van der Waals surface area contributed by atoms with Crippen LogP contribution >= 0.6 is 11.8 Å². The third-order valence-corrected chi connectivity index (χ3v) is 4.68. The molecule has 1 aromatic heterocycles. The third kappa shape index (κ3) is 8.99. The number of hydrogen-bond acceptors (Lipinski definition) is 4. The van der Waals surface area contributed by atoms with Gasteiger partial charge in [0.15, 0.2) is 0 Å². The number of pyridine rings is 1. The molecule has 4 nitrogen and oxygen atoms in total. The molecule has 1 atom stereocenters. The van der Waals surface area contributed by atoms with Crippen molar-refractivity contribution in [2.24, 2.45) is 0 Å². The van der Waals surface area contributed by atoms with Crippen LogP contribution in [0.15, 0.2) is 41.6 Å². The highest BCUT2D eigenvalue weighted by atomic mass is 32.2. The molecular weight excluding hydrogens is 377 g/mol. The monoisotopic (exact) mass is 402 g/mol. The molecule has 1 unspecified atom stereocenters. The summed E-state index contributed by atoms with van der Waals surface area (Å²) in [6.45, 7) is 6.16. The molecule has 0 fully saturated rings. The lowest BCUT2D eigenvalue weighted by atomic mass is 10.1. The number of hydrogen-bond donors (Lipinski definition) is 2. The summed E-state index contributed by atoms with van der Waals surface area (Å²) in [7, 11) is 0. The van der Waals surface area contributed by atoms with Crippen LogP contribution in [0.4, 0.5) is 19.0 Å². The molecular formula is C19H25F3N2O2S. The Hall–Kier alpha value is -1.96. The van der Waals surface area contributed by atoms with Gasteiger partial charge in [0.2, 0.25) is 0 Å². The first-order valence-electron chi connectivity index (χ1n) is 8.55. The summed E-state index contributed by atoms with van der Waals surface area (Å²) in [5.74, 6) is -0.0300. The van der Waals surface area contributed by atoms with Crippen LogP contribution in [0, 0.1) is 0 Å². The molecule has 0 aliphatic rings. The zero-order chi connectivity index (χ0) is 20.4. The molecule has 0 saturated heterocycles. The highest BCUT2D eigenvalue weighted by Crippen LogP contribution is 2.29. The molecule has 1 rings (SSSR count). The van der Waals surface area contributed by atoms with Gasteiger partial charge in [-0.25, -0.2) is 9.78 Å². The molecule has 0 spiro atoms. The minimum Gasteiger partial charge on any atom is -0.480 e. The zero-order valence-corrected chi connectivity index (χ0v) is 16.5. The molecule has 1 aromatic rings. The number of carboxylic acids is 1. The van der Waals surface area contributed by atoms with Gasteiger partial charge in [-0.3, -0.25) is 0 Å². The Bertz CT molecular complexity index is 667. The van der Waals surface area contributed by atoms with Crippen molar-refractivity contribution in [1.29, 1.82) is 0 Å². The summed E-state index contributed by atoms with van der Waals surface area (Å²) in [5.41, 5.74) is 1.66. The number of aliphatic carboxylic acids is 1. The minimum absolute atomic E-state index is 0.101. The van der Waals surface area contributed by atoms with E-state index < -0.39 is 23.8 Å². The molecule has 0 saturated carbocycles. The van der Waals surface area contributed by atoms with Gasteiger partial charge in [0.25, 0.3) is 0 Å². The molecule has 2 N–H and O–H groups in total. The summed E-state index contributed by atoms with van der Waals surface area (Å²) in [4.78, 5) is 15.0. The largest absolute Gasteiger partial charge is 0.480 e. The van der Waals surface area contributed by atoms with Crippen LogP contribution in [0.2, 0.25) is 0 Å². The second-order valence-electron chi connectivity index (χ2n) is 6.20. The van der Waals surface area contributed by atoms with Gasteiger partial charge in [-0.05, 0) is 38.8 Å². The minimum atomic E-state index is -4.47. The first-order chi connectivity index (χ1) is 12.6. The number of alkyl halides is 3. The van der Waals surface area contributed by atoms with E-state index in [4.69, 9.17) is 0 Å². The summed E-state index contributed by atoms with van der Waals surface area (Å²) >= 11 is 1.45. The molecule has 27 heavy (non-hydrogen) atoms. The smallest absolute Gasteiger partial charge is 0.417 e. The predicted molar refractivity (Wildman–Crippen MR) is 104 cm³/mol. The van der Waals surface area contributed by atoms with Crippen molar-refractivity contribution in [1.82, 2.24) is 4.98 Å². The van der Waals surface area contributed by atoms with Gasteiger partial charge in [-0.2, -0.15) is 24.9 Å². The number of allylic oxidation sites excluding steroid dienone is 3. The molecule has 150 valence electrons. The van der Waals surface area contributed by atoms with Crippen molar-refractivity contribution < 1.29 is 23.1 Å². The van der Waals surface area contributed by atoms with Crippen LogP contribution in [-0.2, 0) is 11.0 Å². The molecule has 0 amide bonds. The van der Waals surface area contributed by atoms with E-state index in [1.807, 2.05) is 13.8 Å². The Kier molecular flexibility index (Phi) is 9.41. The van der Waals surface area contributed by atoms with Crippen molar-refractivity contribution in [3.8, 4) is 0 Å². The molecule has 0 bridgehead atoms. The van der Waals surface area contributed by atoms with E-state index >= 15 is 0 Å². The number of anilines is 1. The fraction of sp³-hybridized carbons (Fsp3) is 0.474. The lowest BCUT2D eigenvalue weighted by Gasteiger charge is -2.15. The molecule has 0 radical (unpaired) electrons. The van der Waals surface area contributed by atoms with E-state index in [9.17, 15) is 23.1 Å². The van der Waals surface area contributed by atoms with Crippen LogP contribution in [-0.4, -0.2) is 33.6 Å². The topological polar surface area (TPSA) is 62.2 Å². The summed E-state index contributed by atoms with van der Waals surface area (Å²) in [6.07, 6.45) is 2.28. The lowest BCUT2D eigenvalue weighted by Crippen LogP contribution is -2.32. The maximum Gasteiger partial charge on any atom is 0.417 e. The van der Waals surface area contributed by atoms with E-state index in [2.05, 4.69) is 29.4 Å². The molecule has 0 aliphatic carbocycles. The maximum atomic E-state index is 12.5. The Morgan fingerprint density at radius 1 is 1.33 bits per heavy atom. The van der Waals surface area contributed by atoms with E-state index in [0.717, 1.165) is 25.0 Å². The van der Waals surface area contributed by atoms with Gasteiger partial charge in [-0.1, -0.05) is 30.2 Å². The Morgan fingerprint density at radius 2 is 2.04 bits per heavy atom. The Morgan fingerprint density at radius 3 is 2.52 bits per heavy atom. The zero-order valence-electron chi connectivity index (χ0n) is 15.6. The van der Waals surface area contributed by atoms with Gasteiger partial charge in [0, 0.05) is 17.7 Å². The molecule has 1 heterocycles. The average Bonchev–Trinajstić information content (AvgIpc) is 2.59. The van der Waals surface area contributed by atoms with Gasteiger partial charge in [0.05, 0.1) is 5.56 Å². The van der Waals surface area contributed by atoms with Crippen LogP contribution in [0.5, 0.6) is 0 Å². The predicted octanol–water partition coefficient (Wildman–Crippen LogP) is 5.39. The van der Waals surface area contributed by atoms with Crippen molar-refractivity contribution in [2.75, 3.05) is 16.8 Å². The number of nitrogens with one attached hydrogen (secondary N) is 1. The number of carbonyl (C=O) groups is 1. The average molecular weight is 402 g/mol. The second-order valence-corrected chi connectivity index (χ2v) is 7.28. The van der Waals surface area contributed by atoms with Crippen molar-refractivity contribution >= 4 is 23.5 Å². The van der Waals surface area contributed by atoms with Crippen molar-refractivity contribution in [3.05, 3.63) is 47.2 Å². The second kappa shape index (κ2) is 11.0. The quantitative estimate of drug-likeness (QED) is 0.406. The summed E-state index contributed by atoms with van der Waals surface area (Å²) in [5, 5.41) is 12.0. The summed E-state index contributed by atoms with van der Waals surface area (Å²) in [6, 6.07) is 1.08. The number of aromatic nitrogens is 1. The molecule has 8 heteroatoms. The van der Waals surface area contributed by atoms with Gasteiger partial charge in [-0.15, -0.1) is 0 Å². The first-order valence-corrected chi connectivity index (χ1v) is 9.70. The normalized spacial score (nSPS) is 13.2. The molecule has 0 aliphatic heterocycles. The number of rotatable bonds is 10. The van der Waals surface area contributed by atoms with Crippen LogP contribution in [0.3, 0.4) is 0 Å². The molecule has 0 aromatic carbocycles. The van der Waals surface area contributed by atoms with E-state index in [0.29, 0.717) is 11.9 Å². The Labute approximate surface area is 162 Å². The number of nitrogens with zero attached hydrogens (tertiary/aromatic N) is 1. The van der Waals surface area contributed by atoms with E-state index in [-0.39, 0.29) is 11.6 Å². The highest BCUT2D eigenvalue weighted by molar-refractivity contribution is 7.99. The van der Waals surface area contributed by atoms with Gasteiger partial charge in [0.1, 0.15) is 11.9 Å². The van der Waals surface area contributed by atoms with Gasteiger partial charge >= 0.3 is 12.1 Å². The highest BCUT2D eigenvalue weighted by Gasteiger charge is 2.30. The van der Waals surface area contributed by atoms with Crippen molar-refractivity contribution in [2.45, 2.75) is 45.8 Å². The lowest BCUT2D eigenvalue weighted by molar-refractivity contribution is -0.138. The SMILES string of the molecule is CC/C(=C/CSCC(Nc1ccc(C(F)(F)F)cn1)C(=O)O)CC=C(C)C.